The molecule has 1 aromatic carbocycles. The average molecular weight is 214 g/mol. The molecule has 0 aromatic heterocycles. The van der Waals surface area contributed by atoms with E-state index in [0.717, 1.165) is 0 Å². The van der Waals surface area contributed by atoms with Crippen LogP contribution in [0.3, 0.4) is 0 Å². The maximum Gasteiger partial charge on any atom is 0.174 e. The van der Waals surface area contributed by atoms with Crippen molar-refractivity contribution in [1.29, 1.82) is 10.5 Å². The van der Waals surface area contributed by atoms with Gasteiger partial charge in [-0.2, -0.15) is 10.5 Å². The average Bonchev–Trinajstić information content (AvgIpc) is 2.31. The van der Waals surface area contributed by atoms with Gasteiger partial charge in [-0.25, -0.2) is 9.38 Å². The molecule has 1 aromatic rings. The Kier molecular flexibility index (Phi) is 3.77. The van der Waals surface area contributed by atoms with Crippen LogP contribution in [0.5, 0.6) is 0 Å². The molecule has 0 amide bonds. The number of allylic oxidation sites excluding steroid dienone is 2. The number of nitrogens with two attached hydrogens (primary N) is 1. The molecule has 0 aliphatic carbocycles. The summed E-state index contributed by atoms with van der Waals surface area (Å²) in [4.78, 5) is 3.74. The van der Waals surface area contributed by atoms with Gasteiger partial charge in [0.2, 0.25) is 0 Å². The third-order valence-corrected chi connectivity index (χ3v) is 1.69. The second-order valence-electron chi connectivity index (χ2n) is 2.80. The lowest BCUT2D eigenvalue weighted by atomic mass is 10.2. The van der Waals surface area contributed by atoms with Crippen molar-refractivity contribution in [2.75, 3.05) is 0 Å². The van der Waals surface area contributed by atoms with Gasteiger partial charge in [0.25, 0.3) is 0 Å². The minimum absolute atomic E-state index is 0.160. The molecule has 0 aliphatic heterocycles. The number of hydrogen-bond donors (Lipinski definition) is 1. The second-order valence-corrected chi connectivity index (χ2v) is 2.80. The van der Waals surface area contributed by atoms with Crippen molar-refractivity contribution in [3.8, 4) is 12.1 Å². The van der Waals surface area contributed by atoms with Gasteiger partial charge in [0.1, 0.15) is 23.7 Å². The Hall–Kier alpha value is -2.66. The predicted octanol–water partition coefficient (Wildman–Crippen LogP) is 1.46. The molecule has 0 atom stereocenters. The van der Waals surface area contributed by atoms with Crippen LogP contribution in [0.25, 0.3) is 0 Å². The monoisotopic (exact) mass is 214 g/mol. The zero-order valence-electron chi connectivity index (χ0n) is 8.18. The van der Waals surface area contributed by atoms with Crippen molar-refractivity contribution in [2.45, 2.75) is 0 Å². The van der Waals surface area contributed by atoms with Crippen LogP contribution >= 0.6 is 0 Å². The molecule has 0 radical (unpaired) electrons. The standard InChI is InChI=1S/C11H7FN4/c12-9-3-1-8(2-4-9)7-16-11(6-14)10(15)5-13/h1-4,7H,15H2/b11-10+,16-7?. The van der Waals surface area contributed by atoms with Crippen molar-refractivity contribution in [1.82, 2.24) is 0 Å². The quantitative estimate of drug-likeness (QED) is 0.597. The molecule has 78 valence electrons. The van der Waals surface area contributed by atoms with Crippen LogP contribution in [0.4, 0.5) is 4.39 Å². The van der Waals surface area contributed by atoms with Gasteiger partial charge in [0.05, 0.1) is 0 Å². The number of aliphatic imine (C=N–C) groups is 1. The van der Waals surface area contributed by atoms with Crippen molar-refractivity contribution in [3.05, 3.63) is 47.0 Å². The molecule has 0 fully saturated rings. The van der Waals surface area contributed by atoms with E-state index in [2.05, 4.69) is 4.99 Å². The summed E-state index contributed by atoms with van der Waals surface area (Å²) in [7, 11) is 0. The maximum absolute atomic E-state index is 12.6. The SMILES string of the molecule is N#C/C(N)=C(/C#N)N=Cc1ccc(F)cc1. The molecule has 4 nitrogen and oxygen atoms in total. The van der Waals surface area contributed by atoms with Crippen molar-refractivity contribution in [2.24, 2.45) is 10.7 Å². The van der Waals surface area contributed by atoms with E-state index in [1.807, 2.05) is 0 Å². The Morgan fingerprint density at radius 3 is 2.38 bits per heavy atom. The Labute approximate surface area is 91.8 Å². The van der Waals surface area contributed by atoms with Crippen LogP contribution < -0.4 is 5.73 Å². The highest BCUT2D eigenvalue weighted by Gasteiger charge is 1.98. The topological polar surface area (TPSA) is 86.0 Å². The Morgan fingerprint density at radius 1 is 1.25 bits per heavy atom. The zero-order valence-corrected chi connectivity index (χ0v) is 8.18. The summed E-state index contributed by atoms with van der Waals surface area (Å²) in [5, 5.41) is 17.1. The molecule has 0 saturated carbocycles. The largest absolute Gasteiger partial charge is 0.388 e. The van der Waals surface area contributed by atoms with E-state index in [1.54, 1.807) is 12.1 Å². The molecule has 16 heavy (non-hydrogen) atoms. The molecule has 2 N–H and O–H groups in total. The first-order chi connectivity index (χ1) is 7.67. The maximum atomic E-state index is 12.6. The first-order valence-electron chi connectivity index (χ1n) is 4.27. The Bertz CT molecular complexity index is 514. The highest BCUT2D eigenvalue weighted by atomic mass is 19.1. The number of nitriles is 2. The molecule has 0 saturated heterocycles. The van der Waals surface area contributed by atoms with Crippen LogP contribution in [0.1, 0.15) is 5.56 Å². The van der Waals surface area contributed by atoms with Gasteiger partial charge < -0.3 is 5.73 Å². The number of hydrogen-bond acceptors (Lipinski definition) is 4. The van der Waals surface area contributed by atoms with E-state index in [4.69, 9.17) is 16.3 Å². The first-order valence-corrected chi connectivity index (χ1v) is 4.27. The van der Waals surface area contributed by atoms with Gasteiger partial charge in [0.15, 0.2) is 5.70 Å². The summed E-state index contributed by atoms with van der Waals surface area (Å²) in [6.45, 7) is 0. The number of halogens is 1. The van der Waals surface area contributed by atoms with E-state index in [1.165, 1.54) is 30.5 Å². The highest BCUT2D eigenvalue weighted by molar-refractivity contribution is 5.80. The van der Waals surface area contributed by atoms with Gasteiger partial charge in [-0.05, 0) is 17.7 Å². The lowest BCUT2D eigenvalue weighted by Gasteiger charge is -1.93. The fraction of sp³-hybridized carbons (Fsp3) is 0. The molecule has 0 bridgehead atoms. The number of benzene rings is 1. The fourth-order valence-electron chi connectivity index (χ4n) is 0.900. The van der Waals surface area contributed by atoms with Gasteiger partial charge in [-0.1, -0.05) is 12.1 Å². The third-order valence-electron chi connectivity index (χ3n) is 1.69. The summed E-state index contributed by atoms with van der Waals surface area (Å²) < 4.78 is 12.6. The summed E-state index contributed by atoms with van der Waals surface area (Å²) >= 11 is 0. The lowest BCUT2D eigenvalue weighted by molar-refractivity contribution is 0.628. The molecular formula is C11H7FN4. The van der Waals surface area contributed by atoms with Crippen LogP contribution in [0.2, 0.25) is 0 Å². The summed E-state index contributed by atoms with van der Waals surface area (Å²) in [5.74, 6) is -0.357. The molecule has 0 spiro atoms. The van der Waals surface area contributed by atoms with Gasteiger partial charge >= 0.3 is 0 Å². The molecule has 5 heteroatoms. The second kappa shape index (κ2) is 5.28. The van der Waals surface area contributed by atoms with Crippen LogP contribution in [0, 0.1) is 28.5 Å². The molecule has 1 rings (SSSR count). The van der Waals surface area contributed by atoms with E-state index >= 15 is 0 Å². The van der Waals surface area contributed by atoms with Gasteiger partial charge in [0, 0.05) is 6.21 Å². The molecule has 0 heterocycles. The van der Waals surface area contributed by atoms with Crippen LogP contribution in [-0.2, 0) is 0 Å². The van der Waals surface area contributed by atoms with E-state index < -0.39 is 0 Å². The number of nitrogens with zero attached hydrogens (tertiary/aromatic N) is 3. The summed E-state index contributed by atoms with van der Waals surface area (Å²) in [6, 6.07) is 8.85. The first kappa shape index (κ1) is 11.4. The van der Waals surface area contributed by atoms with Gasteiger partial charge in [-0.3, -0.25) is 0 Å². The Balaban J connectivity index is 2.94. The van der Waals surface area contributed by atoms with Crippen LogP contribution in [0.15, 0.2) is 40.7 Å². The third kappa shape index (κ3) is 2.93. The molecule has 0 aliphatic rings. The number of rotatable bonds is 2. The van der Waals surface area contributed by atoms with Crippen LogP contribution in [-0.4, -0.2) is 6.21 Å². The molecule has 0 unspecified atom stereocenters. The fourth-order valence-corrected chi connectivity index (χ4v) is 0.900. The normalized spacial score (nSPS) is 11.7. The minimum Gasteiger partial charge on any atom is -0.388 e. The van der Waals surface area contributed by atoms with Crippen molar-refractivity contribution < 1.29 is 4.39 Å². The Morgan fingerprint density at radius 2 is 1.88 bits per heavy atom. The predicted molar refractivity (Wildman–Crippen MR) is 56.4 cm³/mol. The van der Waals surface area contributed by atoms with E-state index in [-0.39, 0.29) is 17.2 Å². The van der Waals surface area contributed by atoms with E-state index in [9.17, 15) is 4.39 Å². The highest BCUT2D eigenvalue weighted by Crippen LogP contribution is 2.03. The van der Waals surface area contributed by atoms with Gasteiger partial charge in [-0.15, -0.1) is 0 Å². The van der Waals surface area contributed by atoms with Crippen molar-refractivity contribution in [3.63, 3.8) is 0 Å². The zero-order chi connectivity index (χ0) is 12.0. The summed E-state index contributed by atoms with van der Waals surface area (Å²) in [6.07, 6.45) is 1.34. The lowest BCUT2D eigenvalue weighted by Crippen LogP contribution is -1.97. The molecular weight excluding hydrogens is 207 g/mol. The van der Waals surface area contributed by atoms with Crippen molar-refractivity contribution >= 4 is 6.21 Å². The minimum atomic E-state index is -0.357. The van der Waals surface area contributed by atoms with E-state index in [0.29, 0.717) is 5.56 Å². The summed E-state index contributed by atoms with van der Waals surface area (Å²) in [5.41, 5.74) is 5.44. The smallest absolute Gasteiger partial charge is 0.174 e.